The summed E-state index contributed by atoms with van der Waals surface area (Å²) in [7, 11) is 0. The van der Waals surface area contributed by atoms with Crippen molar-refractivity contribution in [2.75, 3.05) is 13.1 Å². The number of hydrogen-bond acceptors (Lipinski definition) is 3. The first-order valence-corrected chi connectivity index (χ1v) is 3.99. The highest BCUT2D eigenvalue weighted by atomic mass is 35.5. The van der Waals surface area contributed by atoms with E-state index in [4.69, 9.17) is 0 Å². The SMILES string of the molecule is CCNCC(=O)c1ccccn1.Cl.Cl. The molecular weight excluding hydrogens is 223 g/mol. The number of halogens is 2. The zero-order valence-corrected chi connectivity index (χ0v) is 9.53. The maximum atomic E-state index is 11.3. The Labute approximate surface area is 96.1 Å². The van der Waals surface area contributed by atoms with Gasteiger partial charge in [-0.1, -0.05) is 13.0 Å². The van der Waals surface area contributed by atoms with Crippen LogP contribution in [0.15, 0.2) is 24.4 Å². The molecule has 0 aliphatic heterocycles. The van der Waals surface area contributed by atoms with Crippen molar-refractivity contribution in [1.29, 1.82) is 0 Å². The Morgan fingerprint density at radius 1 is 1.43 bits per heavy atom. The molecule has 1 N–H and O–H groups in total. The Balaban J connectivity index is 0. The molecule has 80 valence electrons. The van der Waals surface area contributed by atoms with E-state index in [1.807, 2.05) is 13.0 Å². The number of pyridine rings is 1. The molecule has 0 aliphatic carbocycles. The van der Waals surface area contributed by atoms with Gasteiger partial charge in [0.1, 0.15) is 5.69 Å². The fraction of sp³-hybridized carbons (Fsp3) is 0.333. The van der Waals surface area contributed by atoms with Crippen LogP contribution in [0.2, 0.25) is 0 Å². The van der Waals surface area contributed by atoms with Crippen LogP contribution in [0.4, 0.5) is 0 Å². The summed E-state index contributed by atoms with van der Waals surface area (Å²) < 4.78 is 0. The summed E-state index contributed by atoms with van der Waals surface area (Å²) in [6, 6.07) is 5.33. The van der Waals surface area contributed by atoms with Crippen LogP contribution in [0.1, 0.15) is 17.4 Å². The Morgan fingerprint density at radius 2 is 2.14 bits per heavy atom. The van der Waals surface area contributed by atoms with Crippen LogP contribution in [0.3, 0.4) is 0 Å². The zero-order chi connectivity index (χ0) is 8.81. The summed E-state index contributed by atoms with van der Waals surface area (Å²) >= 11 is 0. The van der Waals surface area contributed by atoms with E-state index in [-0.39, 0.29) is 30.6 Å². The average Bonchev–Trinajstić information content (AvgIpc) is 2.15. The lowest BCUT2D eigenvalue weighted by molar-refractivity contribution is 0.0987. The number of hydrogen-bond donors (Lipinski definition) is 1. The summed E-state index contributed by atoms with van der Waals surface area (Å²) in [5.74, 6) is 0.0393. The molecule has 3 nitrogen and oxygen atoms in total. The van der Waals surface area contributed by atoms with E-state index in [0.29, 0.717) is 12.2 Å². The third-order valence-corrected chi connectivity index (χ3v) is 1.49. The van der Waals surface area contributed by atoms with Gasteiger partial charge in [-0.05, 0) is 18.7 Å². The molecule has 0 unspecified atom stereocenters. The van der Waals surface area contributed by atoms with Crippen LogP contribution >= 0.6 is 24.8 Å². The van der Waals surface area contributed by atoms with Gasteiger partial charge in [0.15, 0.2) is 5.78 Å². The lowest BCUT2D eigenvalue weighted by Crippen LogP contribution is -2.23. The third kappa shape index (κ3) is 5.17. The molecule has 0 saturated heterocycles. The number of Topliss-reactive ketones (excluding diaryl/α,β-unsaturated/α-hetero) is 1. The molecule has 0 bridgehead atoms. The molecule has 1 aromatic rings. The van der Waals surface area contributed by atoms with E-state index in [1.54, 1.807) is 18.3 Å². The molecule has 0 spiro atoms. The van der Waals surface area contributed by atoms with Crippen LogP contribution in [0.5, 0.6) is 0 Å². The van der Waals surface area contributed by atoms with Gasteiger partial charge in [0.2, 0.25) is 0 Å². The number of likely N-dealkylation sites (N-methyl/N-ethyl adjacent to an activating group) is 1. The number of nitrogens with one attached hydrogen (secondary N) is 1. The minimum absolute atomic E-state index is 0. The van der Waals surface area contributed by atoms with E-state index in [9.17, 15) is 4.79 Å². The number of aromatic nitrogens is 1. The summed E-state index contributed by atoms with van der Waals surface area (Å²) in [5, 5.41) is 2.96. The Morgan fingerprint density at radius 3 is 2.64 bits per heavy atom. The van der Waals surface area contributed by atoms with Crippen molar-refractivity contribution < 1.29 is 4.79 Å². The first kappa shape index (κ1) is 15.8. The molecule has 1 heterocycles. The number of nitrogens with zero attached hydrogens (tertiary/aromatic N) is 1. The average molecular weight is 237 g/mol. The van der Waals surface area contributed by atoms with Gasteiger partial charge >= 0.3 is 0 Å². The van der Waals surface area contributed by atoms with Gasteiger partial charge in [0, 0.05) is 6.20 Å². The monoisotopic (exact) mass is 236 g/mol. The topological polar surface area (TPSA) is 42.0 Å². The minimum Gasteiger partial charge on any atom is -0.310 e. The highest BCUT2D eigenvalue weighted by Crippen LogP contribution is 1.93. The quantitative estimate of drug-likeness (QED) is 0.810. The number of carbonyl (C=O) groups excluding carboxylic acids is 1. The summed E-state index contributed by atoms with van der Waals surface area (Å²) in [4.78, 5) is 15.2. The van der Waals surface area contributed by atoms with Crippen molar-refractivity contribution in [3.63, 3.8) is 0 Å². The third-order valence-electron chi connectivity index (χ3n) is 1.49. The number of carbonyl (C=O) groups is 1. The van der Waals surface area contributed by atoms with Crippen molar-refractivity contribution >= 4 is 30.6 Å². The Bertz CT molecular complexity index is 254. The molecule has 0 atom stereocenters. The van der Waals surface area contributed by atoms with Crippen molar-refractivity contribution in [3.8, 4) is 0 Å². The largest absolute Gasteiger partial charge is 0.310 e. The van der Waals surface area contributed by atoms with Gasteiger partial charge in [-0.3, -0.25) is 9.78 Å². The minimum atomic E-state index is 0. The van der Waals surface area contributed by atoms with E-state index < -0.39 is 0 Å². The second kappa shape index (κ2) is 8.94. The molecule has 0 aliphatic rings. The normalized spacial score (nSPS) is 8.36. The lowest BCUT2D eigenvalue weighted by atomic mass is 10.2. The fourth-order valence-electron chi connectivity index (χ4n) is 0.857. The highest BCUT2D eigenvalue weighted by Gasteiger charge is 2.03. The number of rotatable bonds is 4. The molecular formula is C9H14Cl2N2O. The molecule has 1 aromatic heterocycles. The second-order valence-corrected chi connectivity index (χ2v) is 2.42. The molecule has 0 amide bonds. The van der Waals surface area contributed by atoms with Crippen LogP contribution in [-0.2, 0) is 0 Å². The fourth-order valence-corrected chi connectivity index (χ4v) is 0.857. The highest BCUT2D eigenvalue weighted by molar-refractivity contribution is 5.95. The van der Waals surface area contributed by atoms with Crippen molar-refractivity contribution in [2.45, 2.75) is 6.92 Å². The van der Waals surface area contributed by atoms with Gasteiger partial charge in [-0.25, -0.2) is 0 Å². The summed E-state index contributed by atoms with van der Waals surface area (Å²) in [6.07, 6.45) is 1.62. The standard InChI is InChI=1S/C9H12N2O.2ClH/c1-2-10-7-9(12)8-5-3-4-6-11-8;;/h3-6,10H,2,7H2,1H3;2*1H. The van der Waals surface area contributed by atoms with E-state index >= 15 is 0 Å². The first-order chi connectivity index (χ1) is 5.84. The van der Waals surface area contributed by atoms with Crippen molar-refractivity contribution in [2.24, 2.45) is 0 Å². The van der Waals surface area contributed by atoms with Crippen LogP contribution in [0, 0.1) is 0 Å². The molecule has 1 rings (SSSR count). The van der Waals surface area contributed by atoms with Gasteiger partial charge < -0.3 is 5.32 Å². The lowest BCUT2D eigenvalue weighted by Gasteiger charge is -1.99. The van der Waals surface area contributed by atoms with Crippen LogP contribution in [0.25, 0.3) is 0 Å². The van der Waals surface area contributed by atoms with E-state index in [1.165, 1.54) is 0 Å². The van der Waals surface area contributed by atoms with Crippen molar-refractivity contribution in [3.05, 3.63) is 30.1 Å². The van der Waals surface area contributed by atoms with Gasteiger partial charge in [-0.15, -0.1) is 24.8 Å². The molecule has 0 aromatic carbocycles. The molecule has 5 heteroatoms. The predicted octanol–water partition coefficient (Wildman–Crippen LogP) is 1.72. The second-order valence-electron chi connectivity index (χ2n) is 2.42. The van der Waals surface area contributed by atoms with Gasteiger partial charge in [0.25, 0.3) is 0 Å². The Kier molecular flexibility index (Phi) is 10.1. The zero-order valence-electron chi connectivity index (χ0n) is 7.90. The smallest absolute Gasteiger partial charge is 0.194 e. The summed E-state index contributed by atoms with van der Waals surface area (Å²) in [6.45, 7) is 3.14. The maximum Gasteiger partial charge on any atom is 0.194 e. The van der Waals surface area contributed by atoms with Crippen LogP contribution in [-0.4, -0.2) is 23.9 Å². The molecule has 0 radical (unpaired) electrons. The summed E-state index contributed by atoms with van der Waals surface area (Å²) in [5.41, 5.74) is 0.526. The maximum absolute atomic E-state index is 11.3. The van der Waals surface area contributed by atoms with E-state index in [2.05, 4.69) is 10.3 Å². The molecule has 14 heavy (non-hydrogen) atoms. The predicted molar refractivity (Wildman–Crippen MR) is 61.6 cm³/mol. The van der Waals surface area contributed by atoms with Crippen molar-refractivity contribution in [1.82, 2.24) is 10.3 Å². The van der Waals surface area contributed by atoms with E-state index in [0.717, 1.165) is 6.54 Å². The molecule has 0 fully saturated rings. The van der Waals surface area contributed by atoms with Crippen LogP contribution < -0.4 is 5.32 Å². The number of ketones is 1. The van der Waals surface area contributed by atoms with Gasteiger partial charge in [0.05, 0.1) is 6.54 Å². The molecule has 0 saturated carbocycles. The van der Waals surface area contributed by atoms with Gasteiger partial charge in [-0.2, -0.15) is 0 Å². The first-order valence-electron chi connectivity index (χ1n) is 3.99. The Hall–Kier alpha value is -0.640.